The number of pyridine rings is 1. The van der Waals surface area contributed by atoms with E-state index >= 15 is 0 Å². The molecule has 12 nitrogen and oxygen atoms in total. The van der Waals surface area contributed by atoms with Crippen molar-refractivity contribution < 1.29 is 22.8 Å². The van der Waals surface area contributed by atoms with E-state index in [9.17, 15) is 22.8 Å². The second-order valence-corrected chi connectivity index (χ2v) is 8.87. The molecular formula is C23H18ClF3N10O2. The third-order valence-electron chi connectivity index (χ3n) is 5.76. The molecule has 39 heavy (non-hydrogen) atoms. The van der Waals surface area contributed by atoms with Gasteiger partial charge in [-0.3, -0.25) is 15.0 Å². The highest BCUT2D eigenvalue weighted by Gasteiger charge is 2.34. The molecule has 3 aromatic heterocycles. The van der Waals surface area contributed by atoms with Crippen molar-refractivity contribution in [1.82, 2.24) is 29.8 Å². The number of anilines is 2. The average molecular weight is 559 g/mol. The number of aromatic nitrogens is 6. The number of hydrazone groups is 1. The van der Waals surface area contributed by atoms with E-state index in [-0.39, 0.29) is 40.0 Å². The number of carbonyl (C=O) groups excluding carboxylic acids is 2. The van der Waals surface area contributed by atoms with Crippen molar-refractivity contribution in [2.24, 2.45) is 10.8 Å². The maximum absolute atomic E-state index is 13.6. The predicted molar refractivity (Wildman–Crippen MR) is 134 cm³/mol. The fourth-order valence-electron chi connectivity index (χ4n) is 4.05. The van der Waals surface area contributed by atoms with Crippen LogP contribution < -0.4 is 16.5 Å². The molecule has 2 amide bonds. The number of fused-ring (bicyclic) bond motifs is 1. The first-order valence-electron chi connectivity index (χ1n) is 11.2. The van der Waals surface area contributed by atoms with Crippen molar-refractivity contribution >= 4 is 41.0 Å². The number of alkyl halides is 3. The van der Waals surface area contributed by atoms with E-state index < -0.39 is 23.7 Å². The standard InChI is InChI=1S/C23H18ClF3N10O2/c1-11-7-12-4-6-30-33-19(12)17(20(28)38)18(11)31-22(39)15-8-13(9-36-10-16(32-35-36)23(25,26)27)34-37(15)21-14(24)3-2-5-29-21/h2-3,5-8,10,33H,4,9H2,1H3,(H2,28,38)(H,31,39). The molecule has 0 saturated heterocycles. The van der Waals surface area contributed by atoms with Gasteiger partial charge in [0.2, 0.25) is 0 Å². The summed E-state index contributed by atoms with van der Waals surface area (Å²) >= 11 is 6.30. The Balaban J connectivity index is 1.55. The number of nitrogens with one attached hydrogen (secondary N) is 2. The normalized spacial score (nSPS) is 12.6. The second kappa shape index (κ2) is 9.83. The van der Waals surface area contributed by atoms with Gasteiger partial charge in [-0.1, -0.05) is 22.9 Å². The van der Waals surface area contributed by atoms with Gasteiger partial charge in [-0.15, -0.1) is 5.10 Å². The maximum atomic E-state index is 13.6. The van der Waals surface area contributed by atoms with Crippen LogP contribution in [0, 0.1) is 6.92 Å². The molecular weight excluding hydrogens is 541 g/mol. The molecule has 5 rings (SSSR count). The van der Waals surface area contributed by atoms with Gasteiger partial charge in [-0.25, -0.2) is 14.3 Å². The number of carbonyl (C=O) groups is 2. The predicted octanol–water partition coefficient (Wildman–Crippen LogP) is 3.19. The van der Waals surface area contributed by atoms with E-state index in [1.165, 1.54) is 18.3 Å². The number of hydrogen-bond acceptors (Lipinski definition) is 8. The van der Waals surface area contributed by atoms with E-state index in [1.54, 1.807) is 25.3 Å². The fraction of sp³-hybridized carbons (Fsp3) is 0.174. The number of primary amides is 1. The Morgan fingerprint density at radius 3 is 2.77 bits per heavy atom. The van der Waals surface area contributed by atoms with Crippen LogP contribution >= 0.6 is 11.6 Å². The summed E-state index contributed by atoms with van der Waals surface area (Å²) in [6.45, 7) is 1.46. The lowest BCUT2D eigenvalue weighted by Gasteiger charge is -2.21. The van der Waals surface area contributed by atoms with Gasteiger partial charge in [0, 0.05) is 18.8 Å². The molecule has 4 aromatic rings. The lowest BCUT2D eigenvalue weighted by Crippen LogP contribution is -2.24. The summed E-state index contributed by atoms with van der Waals surface area (Å²) in [5.74, 6) is -1.41. The molecule has 0 saturated carbocycles. The van der Waals surface area contributed by atoms with Gasteiger partial charge >= 0.3 is 6.18 Å². The molecule has 0 bridgehead atoms. The molecule has 0 radical (unpaired) electrons. The summed E-state index contributed by atoms with van der Waals surface area (Å²) in [4.78, 5) is 30.2. The van der Waals surface area contributed by atoms with Gasteiger partial charge in [-0.05, 0) is 36.2 Å². The highest BCUT2D eigenvalue weighted by molar-refractivity contribution is 6.32. The van der Waals surface area contributed by atoms with Crippen LogP contribution in [0.15, 0.2) is 41.8 Å². The zero-order chi connectivity index (χ0) is 27.9. The molecule has 200 valence electrons. The Hall–Kier alpha value is -4.79. The molecule has 0 aliphatic carbocycles. The first-order chi connectivity index (χ1) is 18.5. The first kappa shape index (κ1) is 25.8. The molecule has 4 N–H and O–H groups in total. The van der Waals surface area contributed by atoms with Crippen LogP contribution in [-0.4, -0.2) is 47.8 Å². The van der Waals surface area contributed by atoms with E-state index in [2.05, 4.69) is 36.2 Å². The molecule has 1 aliphatic heterocycles. The summed E-state index contributed by atoms with van der Waals surface area (Å²) in [5, 5.41) is 17.8. The number of rotatable bonds is 6. The van der Waals surface area contributed by atoms with Gasteiger partial charge < -0.3 is 11.1 Å². The van der Waals surface area contributed by atoms with Gasteiger partial charge in [-0.2, -0.15) is 23.4 Å². The van der Waals surface area contributed by atoms with Crippen LogP contribution in [0.1, 0.15) is 43.4 Å². The van der Waals surface area contributed by atoms with Crippen LogP contribution in [0.25, 0.3) is 5.82 Å². The zero-order valence-corrected chi connectivity index (χ0v) is 20.7. The highest BCUT2D eigenvalue weighted by atomic mass is 35.5. The fourth-order valence-corrected chi connectivity index (χ4v) is 4.25. The molecule has 4 heterocycles. The zero-order valence-electron chi connectivity index (χ0n) is 20.0. The summed E-state index contributed by atoms with van der Waals surface area (Å²) in [5.41, 5.74) is 9.25. The number of benzene rings is 1. The van der Waals surface area contributed by atoms with Crippen molar-refractivity contribution in [3.63, 3.8) is 0 Å². The van der Waals surface area contributed by atoms with Gasteiger partial charge in [0.15, 0.2) is 11.5 Å². The Morgan fingerprint density at radius 1 is 1.28 bits per heavy atom. The third kappa shape index (κ3) is 5.03. The number of nitrogens with two attached hydrogens (primary N) is 1. The van der Waals surface area contributed by atoms with Gasteiger partial charge in [0.05, 0.1) is 40.4 Å². The van der Waals surface area contributed by atoms with Crippen molar-refractivity contribution in [1.29, 1.82) is 0 Å². The van der Waals surface area contributed by atoms with E-state index in [0.29, 0.717) is 17.7 Å². The molecule has 0 fully saturated rings. The van der Waals surface area contributed by atoms with E-state index in [0.717, 1.165) is 21.1 Å². The van der Waals surface area contributed by atoms with Gasteiger partial charge in [0.1, 0.15) is 5.69 Å². The van der Waals surface area contributed by atoms with E-state index in [1.807, 2.05) is 0 Å². The summed E-state index contributed by atoms with van der Waals surface area (Å²) in [6, 6.07) is 6.24. The summed E-state index contributed by atoms with van der Waals surface area (Å²) < 4.78 is 41.0. The lowest BCUT2D eigenvalue weighted by atomic mass is 9.97. The topological polar surface area (TPSA) is 158 Å². The minimum atomic E-state index is -4.67. The van der Waals surface area contributed by atoms with Crippen molar-refractivity contribution in [2.45, 2.75) is 26.1 Å². The molecule has 16 heteroatoms. The third-order valence-corrected chi connectivity index (χ3v) is 6.05. The molecule has 0 spiro atoms. The van der Waals surface area contributed by atoms with Gasteiger partial charge in [0.25, 0.3) is 11.8 Å². The van der Waals surface area contributed by atoms with Crippen molar-refractivity contribution in [3.8, 4) is 5.82 Å². The SMILES string of the molecule is Cc1cc2c(c(C(N)=O)c1NC(=O)c1cc(Cn3cc(C(F)(F)F)nn3)nn1-c1ncccc1Cl)NN=CC2. The minimum absolute atomic E-state index is 0.0413. The molecule has 0 unspecified atom stereocenters. The number of amides is 2. The first-order valence-corrected chi connectivity index (χ1v) is 11.6. The van der Waals surface area contributed by atoms with E-state index in [4.69, 9.17) is 17.3 Å². The van der Waals surface area contributed by atoms with Crippen LogP contribution in [-0.2, 0) is 19.1 Å². The number of halogens is 4. The molecule has 1 aromatic carbocycles. The number of aryl methyl sites for hydroxylation is 1. The Morgan fingerprint density at radius 2 is 2.08 bits per heavy atom. The minimum Gasteiger partial charge on any atom is -0.365 e. The monoisotopic (exact) mass is 558 g/mol. The number of nitrogens with zero attached hydrogens (tertiary/aromatic N) is 7. The quantitative estimate of drug-likeness (QED) is 0.328. The van der Waals surface area contributed by atoms with Crippen LogP contribution in [0.3, 0.4) is 0 Å². The molecule has 0 atom stereocenters. The average Bonchev–Trinajstić information content (AvgIpc) is 3.52. The lowest BCUT2D eigenvalue weighted by molar-refractivity contribution is -0.141. The largest absolute Gasteiger partial charge is 0.436 e. The number of hydrogen-bond donors (Lipinski definition) is 3. The van der Waals surface area contributed by atoms with Crippen LogP contribution in [0.4, 0.5) is 24.5 Å². The smallest absolute Gasteiger partial charge is 0.365 e. The maximum Gasteiger partial charge on any atom is 0.436 e. The Bertz CT molecular complexity index is 1640. The summed E-state index contributed by atoms with van der Waals surface area (Å²) in [7, 11) is 0. The van der Waals surface area contributed by atoms with Crippen LogP contribution in [0.5, 0.6) is 0 Å². The summed E-state index contributed by atoms with van der Waals surface area (Å²) in [6.07, 6.45) is -0.423. The highest BCUT2D eigenvalue weighted by Crippen LogP contribution is 2.34. The van der Waals surface area contributed by atoms with Crippen molar-refractivity contribution in [3.05, 3.63) is 75.5 Å². The second-order valence-electron chi connectivity index (χ2n) is 8.46. The Kier molecular flexibility index (Phi) is 6.51. The van der Waals surface area contributed by atoms with Crippen molar-refractivity contribution in [2.75, 3.05) is 10.7 Å². The molecule has 1 aliphatic rings. The van der Waals surface area contributed by atoms with Crippen LogP contribution in [0.2, 0.25) is 5.02 Å². The Labute approximate surface area is 222 Å².